The number of hydrogen-bond acceptors (Lipinski definition) is 13. The van der Waals surface area contributed by atoms with Crippen LogP contribution in [0.1, 0.15) is 88.1 Å². The van der Waals surface area contributed by atoms with Gasteiger partial charge in [-0.25, -0.2) is 23.5 Å². The number of fused-ring (bicyclic) bond motifs is 3. The van der Waals surface area contributed by atoms with Crippen molar-refractivity contribution in [2.75, 3.05) is 50.8 Å². The molecule has 0 radical (unpaired) electrons. The van der Waals surface area contributed by atoms with Crippen molar-refractivity contribution in [1.82, 2.24) is 39.5 Å². The van der Waals surface area contributed by atoms with Crippen LogP contribution in [0.25, 0.3) is 16.6 Å². The van der Waals surface area contributed by atoms with Crippen LogP contribution < -0.4 is 32.7 Å². The minimum atomic E-state index is -3.01. The molecule has 2 aliphatic carbocycles. The molecule has 3 amide bonds. The van der Waals surface area contributed by atoms with Crippen LogP contribution in [0.15, 0.2) is 57.8 Å². The lowest BCUT2D eigenvalue weighted by Gasteiger charge is -2.47. The van der Waals surface area contributed by atoms with Gasteiger partial charge in [0.1, 0.15) is 17.6 Å². The van der Waals surface area contributed by atoms with Crippen molar-refractivity contribution in [2.24, 2.45) is 35.3 Å². The number of morpholine rings is 1. The summed E-state index contributed by atoms with van der Waals surface area (Å²) in [6.45, 7) is 8.64. The average molecular weight is 899 g/mol. The van der Waals surface area contributed by atoms with E-state index in [1.807, 2.05) is 12.1 Å². The van der Waals surface area contributed by atoms with Gasteiger partial charge in [-0.2, -0.15) is 0 Å². The highest BCUT2D eigenvalue weighted by atomic mass is 19.3. The molecule has 2 aromatic heterocycles. The second-order valence-electron chi connectivity index (χ2n) is 18.8. The number of rotatable bonds is 13. The highest BCUT2D eigenvalue weighted by molar-refractivity contribution is 6.19. The maximum absolute atomic E-state index is 13.9. The molecule has 2 saturated carbocycles. The Labute approximate surface area is 376 Å². The number of nitrogens with one attached hydrogen (secondary N) is 2. The van der Waals surface area contributed by atoms with Crippen LogP contribution in [0.5, 0.6) is 0 Å². The number of piperidine rings is 1. The number of amides is 3. The number of imidazole rings is 1. The molecule has 9 rings (SSSR count). The summed E-state index contributed by atoms with van der Waals surface area (Å²) in [7, 11) is 1.77. The van der Waals surface area contributed by atoms with Crippen LogP contribution in [-0.2, 0) is 26.2 Å². The molecule has 4 atom stereocenters. The van der Waals surface area contributed by atoms with Gasteiger partial charge in [-0.05, 0) is 93.7 Å². The van der Waals surface area contributed by atoms with Crippen molar-refractivity contribution in [2.45, 2.75) is 107 Å². The average Bonchev–Trinajstić information content (AvgIpc) is 4.00. The normalized spacial score (nSPS) is 28.8. The van der Waals surface area contributed by atoms with E-state index in [4.69, 9.17) is 16.2 Å². The second-order valence-corrected chi connectivity index (χ2v) is 18.8. The van der Waals surface area contributed by atoms with E-state index in [2.05, 4.69) is 53.3 Å². The molecule has 3 aromatic rings. The Morgan fingerprint density at radius 1 is 1.06 bits per heavy atom. The Morgan fingerprint density at radius 2 is 1.83 bits per heavy atom. The third-order valence-corrected chi connectivity index (χ3v) is 15.0. The molecule has 17 nitrogen and oxygen atoms in total. The van der Waals surface area contributed by atoms with Crippen LogP contribution in [0, 0.1) is 11.8 Å². The van der Waals surface area contributed by atoms with E-state index >= 15 is 0 Å². The quantitative estimate of drug-likeness (QED) is 0.111. The molecule has 6 aliphatic rings. The number of halogens is 2. The number of nitrogens with two attached hydrogens (primary N) is 2. The molecule has 2 unspecified atom stereocenters. The first-order valence-corrected chi connectivity index (χ1v) is 23.1. The standard InChI is InChI=1S/C46H60F2N12O5/c1-26(28-18-29(19-28)33-4-3-5-36-41(33)56(2)46(64)60(36)37-10-11-39(61)55-45(37)63)58-16-14-57(15-17-58)23-27-6-8-30(9-7-27)52-22-35(40(50)42(47)48)53-44(62)34(21-49)43-51-13-12-38(54-43)59-24-32-20-31(59)25-65-32/h3-5,12-13,21-22,26-32,37,42H,6-11,14-20,23-25,49-50H2,1-2H3,(H,53,62)(H,55,61,63)/b34-21+,40-35+,52-22?/t26-,27?,28?,29?,30?,31?,32+,37?/m0/s1. The van der Waals surface area contributed by atoms with Crippen molar-refractivity contribution in [3.05, 3.63) is 69.9 Å². The Balaban J connectivity index is 0.735. The summed E-state index contributed by atoms with van der Waals surface area (Å²) in [5, 5.41) is 4.90. The minimum absolute atomic E-state index is 0.0723. The second kappa shape index (κ2) is 18.8. The van der Waals surface area contributed by atoms with Gasteiger partial charge in [0.15, 0.2) is 5.82 Å². The zero-order valence-electron chi connectivity index (χ0n) is 37.1. The monoisotopic (exact) mass is 898 g/mol. The summed E-state index contributed by atoms with van der Waals surface area (Å²) in [6, 6.07) is 7.59. The number of piperazine rings is 1. The Bertz CT molecular complexity index is 2450. The molecular formula is C46H60F2N12O5. The summed E-state index contributed by atoms with van der Waals surface area (Å²) in [5.41, 5.74) is 13.1. The van der Waals surface area contributed by atoms with Crippen molar-refractivity contribution in [1.29, 1.82) is 0 Å². The van der Waals surface area contributed by atoms with Gasteiger partial charge in [0.25, 0.3) is 12.3 Å². The first kappa shape index (κ1) is 44.7. The van der Waals surface area contributed by atoms with Gasteiger partial charge >= 0.3 is 5.69 Å². The van der Waals surface area contributed by atoms with E-state index in [9.17, 15) is 28.0 Å². The molecule has 0 spiro atoms. The third kappa shape index (κ3) is 9.06. The fourth-order valence-electron chi connectivity index (χ4n) is 11.1. The fourth-order valence-corrected chi connectivity index (χ4v) is 11.1. The number of carbonyl (C=O) groups is 3. The van der Waals surface area contributed by atoms with E-state index in [1.54, 1.807) is 28.4 Å². The molecule has 1 aromatic carbocycles. The Morgan fingerprint density at radius 3 is 2.51 bits per heavy atom. The zero-order chi connectivity index (χ0) is 45.5. The zero-order valence-corrected chi connectivity index (χ0v) is 37.1. The highest BCUT2D eigenvalue weighted by Crippen LogP contribution is 2.46. The summed E-state index contributed by atoms with van der Waals surface area (Å²) in [6.07, 6.45) is 8.03. The molecule has 6 fully saturated rings. The van der Waals surface area contributed by atoms with Crippen molar-refractivity contribution >= 4 is 46.4 Å². The first-order chi connectivity index (χ1) is 31.4. The highest BCUT2D eigenvalue weighted by Gasteiger charge is 2.41. The minimum Gasteiger partial charge on any atom is -0.404 e. The number of benzene rings is 1. The maximum Gasteiger partial charge on any atom is 0.329 e. The topological polar surface area (TPSA) is 211 Å². The van der Waals surface area contributed by atoms with Crippen LogP contribution in [0.3, 0.4) is 0 Å². The number of para-hydroxylation sites is 1. The number of allylic oxidation sites excluding steroid dienone is 2. The van der Waals surface area contributed by atoms with Gasteiger partial charge < -0.3 is 31.3 Å². The number of anilines is 1. The van der Waals surface area contributed by atoms with Crippen molar-refractivity contribution < 1.29 is 27.9 Å². The summed E-state index contributed by atoms with van der Waals surface area (Å²) in [4.78, 5) is 72.2. The van der Waals surface area contributed by atoms with Gasteiger partial charge in [0.05, 0.1) is 47.1 Å². The maximum atomic E-state index is 13.9. The van der Waals surface area contributed by atoms with Crippen LogP contribution in [0.4, 0.5) is 14.6 Å². The predicted octanol–water partition coefficient (Wildman–Crippen LogP) is 2.77. The van der Waals surface area contributed by atoms with Gasteiger partial charge in [0.2, 0.25) is 11.8 Å². The number of imide groups is 1. The van der Waals surface area contributed by atoms with E-state index < -0.39 is 30.0 Å². The van der Waals surface area contributed by atoms with Crippen molar-refractivity contribution in [3.63, 3.8) is 0 Å². The number of aromatic nitrogens is 4. The number of hydrogen-bond donors (Lipinski definition) is 4. The lowest BCUT2D eigenvalue weighted by Crippen LogP contribution is -2.53. The summed E-state index contributed by atoms with van der Waals surface area (Å²) >= 11 is 0. The van der Waals surface area contributed by atoms with E-state index in [0.717, 1.165) is 100 Å². The van der Waals surface area contributed by atoms with Crippen LogP contribution in [0.2, 0.25) is 0 Å². The molecule has 4 aliphatic heterocycles. The van der Waals surface area contributed by atoms with E-state index in [1.165, 1.54) is 6.21 Å². The predicted molar refractivity (Wildman–Crippen MR) is 241 cm³/mol. The SMILES string of the molecule is C[C@@H](C1CC(c2cccc3c2n(C)c(=O)n3C2CCC(=O)NC2=O)C1)N1CCN(CC2CCC(N=C/C(NC(=O)/C(=C/N)c3nccc(N4C[C@H]5CC4CO5)n3)=C(\N)C(F)F)CC2)CC1. The van der Waals surface area contributed by atoms with E-state index in [0.29, 0.717) is 49.2 Å². The molecule has 6 heterocycles. The molecule has 6 N–H and O–H groups in total. The lowest BCUT2D eigenvalue weighted by molar-refractivity contribution is -0.135. The number of nitrogens with zero attached hydrogens (tertiary/aromatic N) is 8. The lowest BCUT2D eigenvalue weighted by atomic mass is 9.68. The molecular weight excluding hydrogens is 839 g/mol. The fraction of sp³-hybridized carbons (Fsp3) is 0.587. The Hall–Kier alpha value is -5.53. The Kier molecular flexibility index (Phi) is 12.9. The summed E-state index contributed by atoms with van der Waals surface area (Å²) < 4.78 is 36.7. The summed E-state index contributed by atoms with van der Waals surface area (Å²) in [5.74, 6) is 0.604. The van der Waals surface area contributed by atoms with Gasteiger partial charge in [-0.3, -0.25) is 38.7 Å². The van der Waals surface area contributed by atoms with Gasteiger partial charge in [-0.1, -0.05) is 12.1 Å². The smallest absolute Gasteiger partial charge is 0.329 e. The number of aliphatic imine (C=N–C) groups is 1. The van der Waals surface area contributed by atoms with E-state index in [-0.39, 0.29) is 53.3 Å². The molecule has 65 heavy (non-hydrogen) atoms. The van der Waals surface area contributed by atoms with Crippen molar-refractivity contribution in [3.8, 4) is 0 Å². The number of ether oxygens (including phenoxy) is 1. The molecule has 19 heteroatoms. The largest absolute Gasteiger partial charge is 0.404 e. The van der Waals surface area contributed by atoms with Gasteiger partial charge in [-0.15, -0.1) is 0 Å². The number of aryl methyl sites for hydroxylation is 1. The van der Waals surface area contributed by atoms with Crippen LogP contribution >= 0.6 is 0 Å². The number of carbonyl (C=O) groups excluding carboxylic acids is 3. The molecule has 4 saturated heterocycles. The number of alkyl halides is 2. The van der Waals surface area contributed by atoms with Crippen LogP contribution in [-0.4, -0.2) is 129 Å². The first-order valence-electron chi connectivity index (χ1n) is 23.1. The third-order valence-electron chi connectivity index (χ3n) is 15.0. The molecule has 2 bridgehead atoms. The molecule has 348 valence electrons. The van der Waals surface area contributed by atoms with Gasteiger partial charge in [0, 0.05) is 77.4 Å².